The maximum absolute atomic E-state index is 8.49. The lowest BCUT2D eigenvalue weighted by Gasteiger charge is -2.33. The summed E-state index contributed by atoms with van der Waals surface area (Å²) in [5, 5.41) is 11.6. The predicted octanol–water partition coefficient (Wildman–Crippen LogP) is 0.554. The molecule has 0 saturated carbocycles. The van der Waals surface area contributed by atoms with Gasteiger partial charge in [0.2, 0.25) is 0 Å². The van der Waals surface area contributed by atoms with Crippen molar-refractivity contribution >= 4 is 11.6 Å². The molecule has 1 saturated heterocycles. The molecule has 0 radical (unpaired) electrons. The van der Waals surface area contributed by atoms with Crippen molar-refractivity contribution in [3.63, 3.8) is 0 Å². The number of piperazine rings is 1. The number of hydrogen-bond acceptors (Lipinski definition) is 6. The number of rotatable bonds is 4. The minimum atomic E-state index is 0.480. The average Bonchev–Trinajstić information content (AvgIpc) is 2.40. The quantitative estimate of drug-likeness (QED) is 0.783. The number of hydrogen-bond donors (Lipinski definition) is 1. The van der Waals surface area contributed by atoms with Crippen LogP contribution < -0.4 is 10.2 Å². The Bertz CT molecular complexity index is 419. The molecule has 0 atom stereocenters. The number of nitrogens with zero attached hydrogens (tertiary/aromatic N) is 5. The van der Waals surface area contributed by atoms with Crippen LogP contribution in [0.3, 0.4) is 0 Å². The monoisotopic (exact) mass is 246 g/mol. The van der Waals surface area contributed by atoms with Gasteiger partial charge in [-0.3, -0.25) is 0 Å². The summed E-state index contributed by atoms with van der Waals surface area (Å²) >= 11 is 0. The SMILES string of the molecule is CN1CCN(c2cc(NCCC#N)ncn2)CC1. The molecule has 1 fully saturated rings. The third kappa shape index (κ3) is 3.31. The lowest BCUT2D eigenvalue weighted by molar-refractivity contribution is 0.312. The van der Waals surface area contributed by atoms with E-state index in [1.54, 1.807) is 6.33 Å². The van der Waals surface area contributed by atoms with Crippen LogP contribution in [0.2, 0.25) is 0 Å². The lowest BCUT2D eigenvalue weighted by atomic mass is 10.3. The fourth-order valence-corrected chi connectivity index (χ4v) is 1.90. The van der Waals surface area contributed by atoms with Crippen molar-refractivity contribution in [1.82, 2.24) is 14.9 Å². The first kappa shape index (κ1) is 12.6. The molecule has 0 amide bonds. The molecule has 1 aromatic heterocycles. The minimum Gasteiger partial charge on any atom is -0.369 e. The van der Waals surface area contributed by atoms with Gasteiger partial charge in [-0.2, -0.15) is 5.26 Å². The van der Waals surface area contributed by atoms with Crippen molar-refractivity contribution in [2.45, 2.75) is 6.42 Å². The molecule has 1 N–H and O–H groups in total. The van der Waals surface area contributed by atoms with E-state index in [4.69, 9.17) is 5.26 Å². The Hall–Kier alpha value is -1.87. The highest BCUT2D eigenvalue weighted by Gasteiger charge is 2.15. The molecule has 96 valence electrons. The van der Waals surface area contributed by atoms with E-state index in [0.29, 0.717) is 13.0 Å². The molecule has 0 spiro atoms. The van der Waals surface area contributed by atoms with Crippen LogP contribution in [0.1, 0.15) is 6.42 Å². The molecule has 0 aromatic carbocycles. The molecule has 0 bridgehead atoms. The summed E-state index contributed by atoms with van der Waals surface area (Å²) in [7, 11) is 2.13. The van der Waals surface area contributed by atoms with Gasteiger partial charge in [-0.25, -0.2) is 9.97 Å². The zero-order valence-electron chi connectivity index (χ0n) is 10.6. The molecule has 6 heteroatoms. The number of nitriles is 1. The summed E-state index contributed by atoms with van der Waals surface area (Å²) in [4.78, 5) is 13.0. The number of likely N-dealkylation sites (N-methyl/N-ethyl adjacent to an activating group) is 1. The summed E-state index contributed by atoms with van der Waals surface area (Å²) < 4.78 is 0. The third-order valence-electron chi connectivity index (χ3n) is 3.02. The topological polar surface area (TPSA) is 68.1 Å². The van der Waals surface area contributed by atoms with Crippen LogP contribution in [0.4, 0.5) is 11.6 Å². The highest BCUT2D eigenvalue weighted by atomic mass is 15.3. The number of anilines is 2. The molecule has 1 aliphatic heterocycles. The summed E-state index contributed by atoms with van der Waals surface area (Å²) in [5.74, 6) is 1.74. The van der Waals surface area contributed by atoms with E-state index in [1.807, 2.05) is 6.07 Å². The van der Waals surface area contributed by atoms with E-state index in [-0.39, 0.29) is 0 Å². The van der Waals surface area contributed by atoms with Crippen LogP contribution in [-0.2, 0) is 0 Å². The summed E-state index contributed by atoms with van der Waals surface area (Å²) in [5.41, 5.74) is 0. The maximum atomic E-state index is 8.49. The highest BCUT2D eigenvalue weighted by molar-refractivity contribution is 5.48. The Labute approximate surface area is 107 Å². The van der Waals surface area contributed by atoms with E-state index in [9.17, 15) is 0 Å². The molecular formula is C12H18N6. The zero-order chi connectivity index (χ0) is 12.8. The van der Waals surface area contributed by atoms with Crippen molar-refractivity contribution in [2.75, 3.05) is 50.0 Å². The Morgan fingerprint density at radius 1 is 1.33 bits per heavy atom. The summed E-state index contributed by atoms with van der Waals surface area (Å²) in [6.07, 6.45) is 2.05. The van der Waals surface area contributed by atoms with Gasteiger partial charge in [0.25, 0.3) is 0 Å². The third-order valence-corrected chi connectivity index (χ3v) is 3.02. The first-order chi connectivity index (χ1) is 8.79. The van der Waals surface area contributed by atoms with Crippen molar-refractivity contribution in [2.24, 2.45) is 0 Å². The number of aromatic nitrogens is 2. The van der Waals surface area contributed by atoms with Gasteiger partial charge in [0.05, 0.1) is 12.5 Å². The average molecular weight is 246 g/mol. The van der Waals surface area contributed by atoms with Crippen molar-refractivity contribution in [3.05, 3.63) is 12.4 Å². The van der Waals surface area contributed by atoms with E-state index in [1.165, 1.54) is 0 Å². The van der Waals surface area contributed by atoms with Gasteiger partial charge in [-0.1, -0.05) is 0 Å². The smallest absolute Gasteiger partial charge is 0.134 e. The van der Waals surface area contributed by atoms with E-state index < -0.39 is 0 Å². The van der Waals surface area contributed by atoms with E-state index in [0.717, 1.165) is 37.8 Å². The second-order valence-electron chi connectivity index (χ2n) is 4.39. The summed E-state index contributed by atoms with van der Waals surface area (Å²) in [6.45, 7) is 4.72. The Balaban J connectivity index is 1.96. The first-order valence-electron chi connectivity index (χ1n) is 6.16. The first-order valence-corrected chi connectivity index (χ1v) is 6.16. The van der Waals surface area contributed by atoms with Crippen molar-refractivity contribution in [3.8, 4) is 6.07 Å². The van der Waals surface area contributed by atoms with Gasteiger partial charge >= 0.3 is 0 Å². The van der Waals surface area contributed by atoms with Crippen LogP contribution in [-0.4, -0.2) is 54.6 Å². The van der Waals surface area contributed by atoms with Gasteiger partial charge in [0.15, 0.2) is 0 Å². The number of nitrogens with one attached hydrogen (secondary N) is 1. The normalized spacial score (nSPS) is 16.3. The highest BCUT2D eigenvalue weighted by Crippen LogP contribution is 2.15. The van der Waals surface area contributed by atoms with Crippen LogP contribution in [0.15, 0.2) is 12.4 Å². The fraction of sp³-hybridized carbons (Fsp3) is 0.583. The standard InChI is InChI=1S/C12H18N6/c1-17-5-7-18(8-6-17)12-9-11(15-10-16-12)14-4-2-3-13/h9-10H,2,4-8H2,1H3,(H,14,15,16). The summed E-state index contributed by atoms with van der Waals surface area (Å²) in [6, 6.07) is 4.05. The van der Waals surface area contributed by atoms with Crippen molar-refractivity contribution in [1.29, 1.82) is 5.26 Å². The molecule has 18 heavy (non-hydrogen) atoms. The predicted molar refractivity (Wildman–Crippen MR) is 70.5 cm³/mol. The molecular weight excluding hydrogens is 228 g/mol. The maximum Gasteiger partial charge on any atom is 0.134 e. The molecule has 2 heterocycles. The Kier molecular flexibility index (Phi) is 4.31. The van der Waals surface area contributed by atoms with Gasteiger partial charge < -0.3 is 15.1 Å². The largest absolute Gasteiger partial charge is 0.369 e. The Morgan fingerprint density at radius 3 is 2.83 bits per heavy atom. The second-order valence-corrected chi connectivity index (χ2v) is 4.39. The van der Waals surface area contributed by atoms with Gasteiger partial charge in [-0.15, -0.1) is 0 Å². The van der Waals surface area contributed by atoms with Gasteiger partial charge in [0.1, 0.15) is 18.0 Å². The van der Waals surface area contributed by atoms with Crippen LogP contribution in [0.25, 0.3) is 0 Å². The zero-order valence-corrected chi connectivity index (χ0v) is 10.6. The Morgan fingerprint density at radius 2 is 2.11 bits per heavy atom. The molecule has 2 rings (SSSR count). The van der Waals surface area contributed by atoms with E-state index in [2.05, 4.69) is 38.2 Å². The molecule has 0 unspecified atom stereocenters. The molecule has 6 nitrogen and oxygen atoms in total. The molecule has 1 aliphatic rings. The van der Waals surface area contributed by atoms with Crippen molar-refractivity contribution < 1.29 is 0 Å². The van der Waals surface area contributed by atoms with Crippen LogP contribution in [0.5, 0.6) is 0 Å². The minimum absolute atomic E-state index is 0.480. The second kappa shape index (κ2) is 6.17. The molecule has 0 aliphatic carbocycles. The van der Waals surface area contributed by atoms with Crippen LogP contribution in [0, 0.1) is 11.3 Å². The van der Waals surface area contributed by atoms with Gasteiger partial charge in [0, 0.05) is 38.8 Å². The van der Waals surface area contributed by atoms with E-state index >= 15 is 0 Å². The lowest BCUT2D eigenvalue weighted by Crippen LogP contribution is -2.44. The molecule has 1 aromatic rings. The van der Waals surface area contributed by atoms with Crippen LogP contribution >= 0.6 is 0 Å². The fourth-order valence-electron chi connectivity index (χ4n) is 1.90. The van der Waals surface area contributed by atoms with Gasteiger partial charge in [-0.05, 0) is 7.05 Å².